The van der Waals surface area contributed by atoms with Gasteiger partial charge < -0.3 is 10.6 Å². The van der Waals surface area contributed by atoms with Gasteiger partial charge in [-0.3, -0.25) is 14.3 Å². The lowest BCUT2D eigenvalue weighted by molar-refractivity contribution is -0.120. The molecule has 0 bridgehead atoms. The zero-order valence-corrected chi connectivity index (χ0v) is 18.7. The number of halogens is 2. The number of nitrogens with zero attached hydrogens (tertiary/aromatic N) is 2. The lowest BCUT2D eigenvalue weighted by Crippen LogP contribution is -2.35. The first-order valence-corrected chi connectivity index (χ1v) is 11.2. The van der Waals surface area contributed by atoms with E-state index in [2.05, 4.69) is 15.7 Å². The van der Waals surface area contributed by atoms with Gasteiger partial charge in [-0.1, -0.05) is 24.3 Å². The zero-order valence-electron chi connectivity index (χ0n) is 17.9. The van der Waals surface area contributed by atoms with Gasteiger partial charge in [0.15, 0.2) is 0 Å². The van der Waals surface area contributed by atoms with Gasteiger partial charge in [0.05, 0.1) is 23.5 Å². The van der Waals surface area contributed by atoms with Crippen LogP contribution in [0.2, 0.25) is 0 Å². The van der Waals surface area contributed by atoms with Gasteiger partial charge in [-0.2, -0.15) is 5.10 Å². The Morgan fingerprint density at radius 3 is 2.48 bits per heavy atom. The molecule has 2 aromatic heterocycles. The Morgan fingerprint density at radius 1 is 0.970 bits per heavy atom. The SMILES string of the molecule is Cc1nn(Cc2ccc(F)cc2)c2sc(C(=O)NCCNC(=O)Cc3cccc(F)c3)cc12. The summed E-state index contributed by atoms with van der Waals surface area (Å²) in [6.45, 7) is 2.89. The minimum absolute atomic E-state index is 0.0753. The first kappa shape index (κ1) is 22.6. The van der Waals surface area contributed by atoms with E-state index in [0.717, 1.165) is 21.5 Å². The van der Waals surface area contributed by atoms with E-state index in [4.69, 9.17) is 0 Å². The second-order valence-corrected chi connectivity index (χ2v) is 8.64. The summed E-state index contributed by atoms with van der Waals surface area (Å²) in [5.74, 6) is -1.15. The van der Waals surface area contributed by atoms with Crippen LogP contribution in [0.1, 0.15) is 26.5 Å². The number of hydrogen-bond acceptors (Lipinski definition) is 4. The molecule has 0 aliphatic heterocycles. The Hall–Kier alpha value is -3.59. The van der Waals surface area contributed by atoms with Crippen molar-refractivity contribution < 1.29 is 18.4 Å². The van der Waals surface area contributed by atoms with Gasteiger partial charge in [0, 0.05) is 18.5 Å². The van der Waals surface area contributed by atoms with E-state index in [9.17, 15) is 18.4 Å². The summed E-state index contributed by atoms with van der Waals surface area (Å²) in [6, 6.07) is 13.9. The van der Waals surface area contributed by atoms with Crippen LogP contribution in [0.15, 0.2) is 54.6 Å². The van der Waals surface area contributed by atoms with Crippen LogP contribution in [0, 0.1) is 18.6 Å². The van der Waals surface area contributed by atoms with Crippen LogP contribution in [0.5, 0.6) is 0 Å². The molecule has 170 valence electrons. The maximum Gasteiger partial charge on any atom is 0.261 e. The van der Waals surface area contributed by atoms with Crippen molar-refractivity contribution in [2.24, 2.45) is 0 Å². The van der Waals surface area contributed by atoms with E-state index < -0.39 is 0 Å². The number of nitrogens with one attached hydrogen (secondary N) is 2. The third kappa shape index (κ3) is 5.61. The fourth-order valence-electron chi connectivity index (χ4n) is 3.45. The third-order valence-corrected chi connectivity index (χ3v) is 6.21. The van der Waals surface area contributed by atoms with Gasteiger partial charge in [-0.05, 0) is 48.4 Å². The number of hydrogen-bond donors (Lipinski definition) is 2. The van der Waals surface area contributed by atoms with Crippen LogP contribution in [0.25, 0.3) is 10.2 Å². The second-order valence-electron chi connectivity index (χ2n) is 7.61. The van der Waals surface area contributed by atoms with Gasteiger partial charge >= 0.3 is 0 Å². The van der Waals surface area contributed by atoms with E-state index in [1.54, 1.807) is 30.3 Å². The van der Waals surface area contributed by atoms with E-state index in [0.29, 0.717) is 17.0 Å². The number of thiophene rings is 1. The molecule has 33 heavy (non-hydrogen) atoms. The van der Waals surface area contributed by atoms with Crippen LogP contribution < -0.4 is 10.6 Å². The lowest BCUT2D eigenvalue weighted by Gasteiger charge is -2.07. The van der Waals surface area contributed by atoms with Gasteiger partial charge in [0.25, 0.3) is 5.91 Å². The first-order chi connectivity index (χ1) is 15.9. The molecule has 2 amide bonds. The minimum Gasteiger partial charge on any atom is -0.354 e. The van der Waals surface area contributed by atoms with Gasteiger partial charge in [-0.15, -0.1) is 11.3 Å². The molecule has 0 unspecified atom stereocenters. The number of benzene rings is 2. The molecule has 0 radical (unpaired) electrons. The maximum absolute atomic E-state index is 13.2. The number of rotatable bonds is 8. The van der Waals surface area contributed by atoms with E-state index in [1.165, 1.54) is 35.6 Å². The molecule has 6 nitrogen and oxygen atoms in total. The standard InChI is InChI=1S/C24H22F2N4O2S/c1-15-20-13-21(33-24(20)30(29-15)14-16-5-7-18(25)8-6-16)23(32)28-10-9-27-22(31)12-17-3-2-4-19(26)11-17/h2-8,11,13H,9-10,12,14H2,1H3,(H,27,31)(H,28,32). The molecule has 0 spiro atoms. The van der Waals surface area contributed by atoms with Crippen molar-refractivity contribution in [1.29, 1.82) is 0 Å². The number of carbonyl (C=O) groups is 2. The number of aromatic nitrogens is 2. The van der Waals surface area contributed by atoms with Crippen molar-refractivity contribution in [2.45, 2.75) is 19.9 Å². The highest BCUT2D eigenvalue weighted by molar-refractivity contribution is 7.20. The monoisotopic (exact) mass is 468 g/mol. The van der Waals surface area contributed by atoms with Crippen LogP contribution in [-0.2, 0) is 17.8 Å². The van der Waals surface area contributed by atoms with Crippen LogP contribution in [0.4, 0.5) is 8.78 Å². The molecule has 4 aromatic rings. The van der Waals surface area contributed by atoms with Crippen molar-refractivity contribution >= 4 is 33.4 Å². The summed E-state index contributed by atoms with van der Waals surface area (Å²) in [7, 11) is 0. The maximum atomic E-state index is 13.2. The molecular formula is C24H22F2N4O2S. The minimum atomic E-state index is -0.382. The summed E-state index contributed by atoms with van der Waals surface area (Å²) >= 11 is 1.33. The summed E-state index contributed by atoms with van der Waals surface area (Å²) < 4.78 is 28.2. The Balaban J connectivity index is 1.31. The predicted molar refractivity (Wildman–Crippen MR) is 123 cm³/mol. The van der Waals surface area contributed by atoms with Gasteiger partial charge in [-0.25, -0.2) is 8.78 Å². The quantitative estimate of drug-likeness (QED) is 0.386. The molecule has 9 heteroatoms. The molecule has 0 aliphatic rings. The molecule has 2 N–H and O–H groups in total. The van der Waals surface area contributed by atoms with Gasteiger partial charge in [0.1, 0.15) is 16.5 Å². The largest absolute Gasteiger partial charge is 0.354 e. The second kappa shape index (κ2) is 9.91. The molecule has 0 atom stereocenters. The van der Waals surface area contributed by atoms with Crippen molar-refractivity contribution in [3.05, 3.63) is 87.9 Å². The summed E-state index contributed by atoms with van der Waals surface area (Å²) in [5.41, 5.74) is 2.31. The van der Waals surface area contributed by atoms with Crippen molar-refractivity contribution in [2.75, 3.05) is 13.1 Å². The first-order valence-electron chi connectivity index (χ1n) is 10.4. The Kier molecular flexibility index (Phi) is 6.79. The summed E-state index contributed by atoms with van der Waals surface area (Å²) in [4.78, 5) is 26.0. The van der Waals surface area contributed by atoms with E-state index in [-0.39, 0.29) is 43.0 Å². The molecular weight excluding hydrogens is 446 g/mol. The number of carbonyl (C=O) groups excluding carboxylic acids is 2. The van der Waals surface area contributed by atoms with Crippen LogP contribution in [-0.4, -0.2) is 34.7 Å². The molecule has 2 aromatic carbocycles. The Bertz CT molecular complexity index is 1300. The predicted octanol–water partition coefficient (Wildman–Crippen LogP) is 3.82. The van der Waals surface area contributed by atoms with Crippen LogP contribution >= 0.6 is 11.3 Å². The Morgan fingerprint density at radius 2 is 1.73 bits per heavy atom. The van der Waals surface area contributed by atoms with Crippen molar-refractivity contribution in [3.63, 3.8) is 0 Å². The highest BCUT2D eigenvalue weighted by atomic mass is 32.1. The number of aryl methyl sites for hydroxylation is 1. The lowest BCUT2D eigenvalue weighted by atomic mass is 10.1. The normalized spacial score (nSPS) is 11.0. The fourth-order valence-corrected chi connectivity index (χ4v) is 4.53. The van der Waals surface area contributed by atoms with Crippen molar-refractivity contribution in [1.82, 2.24) is 20.4 Å². The van der Waals surface area contributed by atoms with Crippen molar-refractivity contribution in [3.8, 4) is 0 Å². The summed E-state index contributed by atoms with van der Waals surface area (Å²) in [6.07, 6.45) is 0.0753. The average Bonchev–Trinajstić information content (AvgIpc) is 3.34. The number of amides is 2. The van der Waals surface area contributed by atoms with E-state index >= 15 is 0 Å². The molecule has 0 saturated heterocycles. The van der Waals surface area contributed by atoms with Crippen LogP contribution in [0.3, 0.4) is 0 Å². The third-order valence-electron chi connectivity index (χ3n) is 5.06. The highest BCUT2D eigenvalue weighted by Gasteiger charge is 2.16. The highest BCUT2D eigenvalue weighted by Crippen LogP contribution is 2.28. The summed E-state index contributed by atoms with van der Waals surface area (Å²) in [5, 5.41) is 10.9. The molecule has 0 fully saturated rings. The zero-order chi connectivity index (χ0) is 23.4. The van der Waals surface area contributed by atoms with E-state index in [1.807, 2.05) is 11.6 Å². The van der Waals surface area contributed by atoms with Gasteiger partial charge in [0.2, 0.25) is 5.91 Å². The smallest absolute Gasteiger partial charge is 0.261 e. The average molecular weight is 469 g/mol. The molecule has 4 rings (SSSR count). The molecule has 0 aliphatic carbocycles. The topological polar surface area (TPSA) is 76.0 Å². The fraction of sp³-hybridized carbons (Fsp3) is 0.208. The Labute approximate surface area is 193 Å². The number of fused-ring (bicyclic) bond motifs is 1. The molecule has 0 saturated carbocycles. The molecule has 2 heterocycles.